The third kappa shape index (κ3) is 7.82. The second kappa shape index (κ2) is 12.0. The number of para-hydroxylation sites is 1. The van der Waals surface area contributed by atoms with Crippen molar-refractivity contribution in [2.24, 2.45) is 0 Å². The fraction of sp³-hybridized carbons (Fsp3) is 0.600. The van der Waals surface area contributed by atoms with E-state index in [1.807, 2.05) is 58.0 Å². The first kappa shape index (κ1) is 17.9. The minimum absolute atomic E-state index is 0.397. The number of hydrogen-bond donors (Lipinski definition) is 2. The van der Waals surface area contributed by atoms with Crippen molar-refractivity contribution in [1.29, 1.82) is 0 Å². The van der Waals surface area contributed by atoms with E-state index in [1.165, 1.54) is 0 Å². The van der Waals surface area contributed by atoms with Gasteiger partial charge in [0.05, 0.1) is 0 Å². The van der Waals surface area contributed by atoms with Gasteiger partial charge in [-0.25, -0.2) is 0 Å². The first-order valence-electron chi connectivity index (χ1n) is 6.98. The quantitative estimate of drug-likeness (QED) is 0.713. The van der Waals surface area contributed by atoms with Crippen LogP contribution in [0.2, 0.25) is 0 Å². The zero-order valence-electron chi connectivity index (χ0n) is 12.4. The van der Waals surface area contributed by atoms with Crippen molar-refractivity contribution in [3.8, 4) is 0 Å². The minimum Gasteiger partial charge on any atom is -0.386 e. The molecule has 19 heavy (non-hydrogen) atoms. The summed E-state index contributed by atoms with van der Waals surface area (Å²) >= 11 is 0. The molecule has 0 aliphatic heterocycles. The molecule has 1 rings (SSSR count). The average Bonchev–Trinajstić information content (AvgIpc) is 2.48. The number of benzene rings is 1. The van der Waals surface area contributed by atoms with Crippen LogP contribution in [0.5, 0.6) is 0 Å². The molecule has 1 atom stereocenters. The first-order valence-corrected chi connectivity index (χ1v) is 6.98. The van der Waals surface area contributed by atoms with Crippen LogP contribution in [-0.2, 0) is 9.47 Å². The van der Waals surface area contributed by atoms with Gasteiger partial charge in [-0.3, -0.25) is 0 Å². The van der Waals surface area contributed by atoms with Gasteiger partial charge in [0.15, 0.2) is 6.29 Å². The van der Waals surface area contributed by atoms with E-state index in [4.69, 9.17) is 9.47 Å². The predicted octanol–water partition coefficient (Wildman–Crippen LogP) is 2.88. The lowest BCUT2D eigenvalue weighted by Gasteiger charge is -2.23. The highest BCUT2D eigenvalue weighted by Crippen LogP contribution is 2.07. The Bertz CT molecular complexity index is 287. The topological polar surface area (TPSA) is 50.7 Å². The Morgan fingerprint density at radius 2 is 1.58 bits per heavy atom. The summed E-state index contributed by atoms with van der Waals surface area (Å²) in [6, 6.07) is 9.73. The molecule has 0 amide bonds. The van der Waals surface area contributed by atoms with Crippen LogP contribution in [0.3, 0.4) is 0 Å². The maximum atomic E-state index is 9.92. The molecule has 0 radical (unpaired) electrons. The highest BCUT2D eigenvalue weighted by Gasteiger charge is 2.19. The Balaban J connectivity index is 0.00000154. The van der Waals surface area contributed by atoms with E-state index < -0.39 is 12.4 Å². The van der Waals surface area contributed by atoms with E-state index in [1.54, 1.807) is 0 Å². The standard InChI is InChI=1S/C13H21NO3.C2H6/c1-3-16-13(17-4-2)12(15)10-14-11-8-6-5-7-9-11;1-2/h5-9,12-15H,3-4,10H2,1-2H3;1-2H3. The van der Waals surface area contributed by atoms with Crippen LogP contribution in [0.4, 0.5) is 5.69 Å². The molecule has 0 aliphatic rings. The zero-order chi connectivity index (χ0) is 14.5. The lowest BCUT2D eigenvalue weighted by atomic mass is 10.3. The number of aliphatic hydroxyl groups is 1. The van der Waals surface area contributed by atoms with Gasteiger partial charge in [-0.1, -0.05) is 32.0 Å². The van der Waals surface area contributed by atoms with Crippen molar-refractivity contribution in [1.82, 2.24) is 0 Å². The lowest BCUT2D eigenvalue weighted by molar-refractivity contribution is -0.185. The fourth-order valence-corrected chi connectivity index (χ4v) is 1.47. The summed E-state index contributed by atoms with van der Waals surface area (Å²) in [6.07, 6.45) is -1.25. The molecule has 1 unspecified atom stereocenters. The molecule has 0 aliphatic carbocycles. The van der Waals surface area contributed by atoms with E-state index in [9.17, 15) is 5.11 Å². The van der Waals surface area contributed by atoms with Gasteiger partial charge < -0.3 is 19.9 Å². The van der Waals surface area contributed by atoms with Crippen LogP contribution < -0.4 is 5.32 Å². The summed E-state index contributed by atoms with van der Waals surface area (Å²) in [5.41, 5.74) is 0.971. The van der Waals surface area contributed by atoms with Crippen LogP contribution >= 0.6 is 0 Å². The van der Waals surface area contributed by atoms with Crippen LogP contribution in [0.1, 0.15) is 27.7 Å². The molecule has 2 N–H and O–H groups in total. The maximum absolute atomic E-state index is 9.92. The summed E-state index contributed by atoms with van der Waals surface area (Å²) in [4.78, 5) is 0. The van der Waals surface area contributed by atoms with Crippen molar-refractivity contribution >= 4 is 5.69 Å². The molecule has 1 aromatic carbocycles. The van der Waals surface area contributed by atoms with Gasteiger partial charge in [-0.15, -0.1) is 0 Å². The number of hydrogen-bond acceptors (Lipinski definition) is 4. The third-order valence-corrected chi connectivity index (χ3v) is 2.27. The summed E-state index contributed by atoms with van der Waals surface area (Å²) in [5, 5.41) is 13.1. The van der Waals surface area contributed by atoms with Crippen LogP contribution in [0.15, 0.2) is 30.3 Å². The van der Waals surface area contributed by atoms with Gasteiger partial charge in [-0.05, 0) is 26.0 Å². The van der Waals surface area contributed by atoms with Gasteiger partial charge >= 0.3 is 0 Å². The van der Waals surface area contributed by atoms with Crippen LogP contribution in [-0.4, -0.2) is 37.3 Å². The Morgan fingerprint density at radius 1 is 1.05 bits per heavy atom. The number of ether oxygens (including phenoxy) is 2. The van der Waals surface area contributed by atoms with Gasteiger partial charge in [0.1, 0.15) is 6.10 Å². The second-order valence-electron chi connectivity index (χ2n) is 3.59. The molecule has 0 aromatic heterocycles. The van der Waals surface area contributed by atoms with Crippen molar-refractivity contribution in [3.63, 3.8) is 0 Å². The maximum Gasteiger partial charge on any atom is 0.185 e. The molecule has 1 aromatic rings. The van der Waals surface area contributed by atoms with E-state index in [0.717, 1.165) is 5.69 Å². The van der Waals surface area contributed by atoms with Crippen molar-refractivity contribution < 1.29 is 14.6 Å². The third-order valence-electron chi connectivity index (χ3n) is 2.27. The summed E-state index contributed by atoms with van der Waals surface area (Å²) in [7, 11) is 0. The Hall–Kier alpha value is -1.10. The summed E-state index contributed by atoms with van der Waals surface area (Å²) in [5.74, 6) is 0. The lowest BCUT2D eigenvalue weighted by Crippen LogP contribution is -2.37. The van der Waals surface area contributed by atoms with Gasteiger partial charge in [0.25, 0.3) is 0 Å². The molecule has 0 saturated carbocycles. The average molecular weight is 269 g/mol. The predicted molar refractivity (Wildman–Crippen MR) is 79.3 cm³/mol. The van der Waals surface area contributed by atoms with Gasteiger partial charge in [0, 0.05) is 25.4 Å². The molecule has 0 saturated heterocycles. The molecule has 110 valence electrons. The molecular weight excluding hydrogens is 242 g/mol. The number of anilines is 1. The summed E-state index contributed by atoms with van der Waals surface area (Å²) < 4.78 is 10.6. The van der Waals surface area contributed by atoms with E-state index >= 15 is 0 Å². The van der Waals surface area contributed by atoms with Crippen LogP contribution in [0, 0.1) is 0 Å². The Morgan fingerprint density at radius 3 is 2.05 bits per heavy atom. The number of rotatable bonds is 8. The molecule has 0 bridgehead atoms. The van der Waals surface area contributed by atoms with Gasteiger partial charge in [-0.2, -0.15) is 0 Å². The van der Waals surface area contributed by atoms with E-state index in [-0.39, 0.29) is 0 Å². The zero-order valence-corrected chi connectivity index (χ0v) is 12.4. The Labute approximate surface area is 116 Å². The SMILES string of the molecule is CC.CCOC(OCC)C(O)CNc1ccccc1. The molecular formula is C15H27NO3. The monoisotopic (exact) mass is 269 g/mol. The van der Waals surface area contributed by atoms with Gasteiger partial charge in [0.2, 0.25) is 0 Å². The fourth-order valence-electron chi connectivity index (χ4n) is 1.47. The molecule has 4 heteroatoms. The Kier molecular flexibility index (Phi) is 11.3. The largest absolute Gasteiger partial charge is 0.386 e. The van der Waals surface area contributed by atoms with Crippen molar-refractivity contribution in [2.75, 3.05) is 25.1 Å². The molecule has 0 fully saturated rings. The van der Waals surface area contributed by atoms with Crippen LogP contribution in [0.25, 0.3) is 0 Å². The second-order valence-corrected chi connectivity index (χ2v) is 3.59. The number of nitrogens with one attached hydrogen (secondary N) is 1. The molecule has 0 spiro atoms. The minimum atomic E-state index is -0.685. The van der Waals surface area contributed by atoms with Crippen molar-refractivity contribution in [2.45, 2.75) is 40.1 Å². The molecule has 0 heterocycles. The molecule has 4 nitrogen and oxygen atoms in total. The smallest absolute Gasteiger partial charge is 0.185 e. The van der Waals surface area contributed by atoms with E-state index in [0.29, 0.717) is 19.8 Å². The first-order chi connectivity index (χ1) is 9.27. The highest BCUT2D eigenvalue weighted by molar-refractivity contribution is 5.42. The highest BCUT2D eigenvalue weighted by atomic mass is 16.7. The normalized spacial score (nSPS) is 11.7. The summed E-state index contributed by atoms with van der Waals surface area (Å²) in [6.45, 7) is 9.20. The van der Waals surface area contributed by atoms with Crippen molar-refractivity contribution in [3.05, 3.63) is 30.3 Å². The van der Waals surface area contributed by atoms with E-state index in [2.05, 4.69) is 5.32 Å². The number of aliphatic hydroxyl groups excluding tert-OH is 1.